The number of carbonyl (C=O) groups is 2. The van der Waals surface area contributed by atoms with Gasteiger partial charge in [0.1, 0.15) is 0 Å². The van der Waals surface area contributed by atoms with Crippen molar-refractivity contribution >= 4 is 11.9 Å². The second-order valence-corrected chi connectivity index (χ2v) is 5.32. The van der Waals surface area contributed by atoms with Crippen molar-refractivity contribution in [2.75, 3.05) is 0 Å². The summed E-state index contributed by atoms with van der Waals surface area (Å²) in [6.45, 7) is 5.57. The van der Waals surface area contributed by atoms with Crippen LogP contribution in [0.25, 0.3) is 0 Å². The molecule has 1 amide bonds. The van der Waals surface area contributed by atoms with Gasteiger partial charge in [-0.3, -0.25) is 9.59 Å². The average molecular weight is 267 g/mol. The number of rotatable bonds is 7. The lowest BCUT2D eigenvalue weighted by atomic mass is 9.85. The lowest BCUT2D eigenvalue weighted by molar-refractivity contribution is -0.139. The first-order chi connectivity index (χ1) is 8.83. The van der Waals surface area contributed by atoms with Gasteiger partial charge in [0.05, 0.1) is 18.9 Å². The zero-order chi connectivity index (χ0) is 14.5. The van der Waals surface area contributed by atoms with Gasteiger partial charge in [0.2, 0.25) is 5.91 Å². The molecule has 0 spiro atoms. The number of carbonyl (C=O) groups excluding carboxylic acids is 1. The topological polar surface area (TPSA) is 79.5 Å². The summed E-state index contributed by atoms with van der Waals surface area (Å²) in [5.41, 5.74) is 0.235. The molecule has 0 aromatic carbocycles. The first-order valence-corrected chi connectivity index (χ1v) is 6.37. The Labute approximate surface area is 113 Å². The van der Waals surface area contributed by atoms with Crippen molar-refractivity contribution < 1.29 is 19.1 Å². The highest BCUT2D eigenvalue weighted by atomic mass is 16.4. The van der Waals surface area contributed by atoms with E-state index in [0.29, 0.717) is 12.8 Å². The van der Waals surface area contributed by atoms with Crippen LogP contribution in [0.4, 0.5) is 0 Å². The number of hydrogen-bond acceptors (Lipinski definition) is 3. The highest BCUT2D eigenvalue weighted by Crippen LogP contribution is 2.21. The summed E-state index contributed by atoms with van der Waals surface area (Å²) in [4.78, 5) is 22.8. The van der Waals surface area contributed by atoms with E-state index < -0.39 is 11.5 Å². The fourth-order valence-corrected chi connectivity index (χ4v) is 1.78. The van der Waals surface area contributed by atoms with E-state index in [0.717, 1.165) is 5.56 Å². The molecule has 0 bridgehead atoms. The zero-order valence-electron chi connectivity index (χ0n) is 11.6. The molecule has 2 N–H and O–H groups in total. The van der Waals surface area contributed by atoms with Crippen LogP contribution in [0.3, 0.4) is 0 Å². The Kier molecular flexibility index (Phi) is 5.15. The number of amides is 1. The van der Waals surface area contributed by atoms with E-state index in [1.807, 2.05) is 19.9 Å². The fraction of sp³-hybridized carbons (Fsp3) is 0.571. The van der Waals surface area contributed by atoms with Crippen LogP contribution in [0.15, 0.2) is 23.0 Å². The van der Waals surface area contributed by atoms with Gasteiger partial charge in [-0.05, 0) is 30.9 Å². The molecule has 1 aromatic heterocycles. The number of carboxylic acid groups (broad SMARTS) is 1. The van der Waals surface area contributed by atoms with Crippen molar-refractivity contribution in [3.63, 3.8) is 0 Å². The smallest absolute Gasteiger partial charge is 0.305 e. The average Bonchev–Trinajstić information content (AvgIpc) is 2.77. The first kappa shape index (κ1) is 15.3. The third kappa shape index (κ3) is 4.77. The van der Waals surface area contributed by atoms with E-state index in [4.69, 9.17) is 9.52 Å². The van der Waals surface area contributed by atoms with Crippen LogP contribution < -0.4 is 5.32 Å². The number of aliphatic carboxylic acids is 1. The molecule has 0 aliphatic carbocycles. The first-order valence-electron chi connectivity index (χ1n) is 6.37. The van der Waals surface area contributed by atoms with E-state index in [9.17, 15) is 9.59 Å². The Bertz CT molecular complexity index is 425. The van der Waals surface area contributed by atoms with E-state index in [1.54, 1.807) is 19.5 Å². The number of hydrogen-bond donors (Lipinski definition) is 2. The molecule has 0 saturated carbocycles. The van der Waals surface area contributed by atoms with Crippen molar-refractivity contribution in [3.8, 4) is 0 Å². The lowest BCUT2D eigenvalue weighted by Crippen LogP contribution is -2.51. The third-order valence-electron chi connectivity index (χ3n) is 3.44. The maximum atomic E-state index is 11.9. The number of nitrogens with one attached hydrogen (secondary N) is 1. The molecule has 1 aromatic rings. The van der Waals surface area contributed by atoms with Gasteiger partial charge in [-0.2, -0.15) is 0 Å². The summed E-state index contributed by atoms with van der Waals surface area (Å²) in [7, 11) is 0. The second-order valence-electron chi connectivity index (χ2n) is 5.32. The quantitative estimate of drug-likeness (QED) is 0.793. The predicted octanol–water partition coefficient (Wildman–Crippen LogP) is 2.22. The van der Waals surface area contributed by atoms with Gasteiger partial charge in [0.15, 0.2) is 0 Å². The summed E-state index contributed by atoms with van der Waals surface area (Å²) in [5, 5.41) is 11.8. The van der Waals surface area contributed by atoms with Gasteiger partial charge < -0.3 is 14.8 Å². The van der Waals surface area contributed by atoms with Gasteiger partial charge in [-0.25, -0.2) is 0 Å². The van der Waals surface area contributed by atoms with Gasteiger partial charge in [-0.15, -0.1) is 0 Å². The molecular weight excluding hydrogens is 246 g/mol. The van der Waals surface area contributed by atoms with Crippen LogP contribution in [0.2, 0.25) is 0 Å². The van der Waals surface area contributed by atoms with Crippen molar-refractivity contribution in [2.24, 2.45) is 5.92 Å². The van der Waals surface area contributed by atoms with Crippen LogP contribution in [-0.4, -0.2) is 22.5 Å². The van der Waals surface area contributed by atoms with Crippen LogP contribution in [0, 0.1) is 5.92 Å². The maximum absolute atomic E-state index is 11.9. The molecule has 0 fully saturated rings. The Balaban J connectivity index is 2.54. The van der Waals surface area contributed by atoms with Crippen LogP contribution >= 0.6 is 0 Å². The molecule has 106 valence electrons. The van der Waals surface area contributed by atoms with Crippen molar-refractivity contribution in [3.05, 3.63) is 24.2 Å². The molecule has 5 nitrogen and oxygen atoms in total. The molecule has 5 heteroatoms. The van der Waals surface area contributed by atoms with Crippen LogP contribution in [0.5, 0.6) is 0 Å². The summed E-state index contributed by atoms with van der Waals surface area (Å²) < 4.78 is 4.93. The molecule has 0 aliphatic rings. The Morgan fingerprint density at radius 1 is 1.47 bits per heavy atom. The van der Waals surface area contributed by atoms with E-state index >= 15 is 0 Å². The Morgan fingerprint density at radius 3 is 2.63 bits per heavy atom. The Hall–Kier alpha value is -1.78. The highest BCUT2D eigenvalue weighted by molar-refractivity contribution is 5.78. The number of carboxylic acids is 1. The summed E-state index contributed by atoms with van der Waals surface area (Å²) >= 11 is 0. The SMILES string of the molecule is CC(C)C(C)(CC(=O)O)NC(=O)CCc1ccoc1. The summed E-state index contributed by atoms with van der Waals surface area (Å²) in [6.07, 6.45) is 4.00. The van der Waals surface area contributed by atoms with Crippen molar-refractivity contribution in [1.29, 1.82) is 0 Å². The van der Waals surface area contributed by atoms with Crippen LogP contribution in [-0.2, 0) is 16.0 Å². The largest absolute Gasteiger partial charge is 0.481 e. The minimum atomic E-state index is -0.911. The van der Waals surface area contributed by atoms with Crippen LogP contribution in [0.1, 0.15) is 39.2 Å². The normalized spacial score (nSPS) is 14.1. The van der Waals surface area contributed by atoms with Gasteiger partial charge in [0, 0.05) is 12.0 Å². The molecule has 19 heavy (non-hydrogen) atoms. The molecule has 1 unspecified atom stereocenters. The minimum Gasteiger partial charge on any atom is -0.481 e. The van der Waals surface area contributed by atoms with E-state index in [1.165, 1.54) is 0 Å². The third-order valence-corrected chi connectivity index (χ3v) is 3.44. The van der Waals surface area contributed by atoms with E-state index in [2.05, 4.69) is 5.32 Å². The fourth-order valence-electron chi connectivity index (χ4n) is 1.78. The molecule has 0 aliphatic heterocycles. The van der Waals surface area contributed by atoms with Crippen molar-refractivity contribution in [2.45, 2.75) is 45.6 Å². The highest BCUT2D eigenvalue weighted by Gasteiger charge is 2.32. The molecular formula is C14H21NO4. The van der Waals surface area contributed by atoms with Gasteiger partial charge in [0.25, 0.3) is 0 Å². The molecule has 0 saturated heterocycles. The zero-order valence-corrected chi connectivity index (χ0v) is 11.6. The second kappa shape index (κ2) is 6.41. The molecule has 1 atom stereocenters. The van der Waals surface area contributed by atoms with Gasteiger partial charge in [-0.1, -0.05) is 13.8 Å². The summed E-state index contributed by atoms with van der Waals surface area (Å²) in [6, 6.07) is 1.81. The lowest BCUT2D eigenvalue weighted by Gasteiger charge is -2.33. The van der Waals surface area contributed by atoms with E-state index in [-0.39, 0.29) is 18.2 Å². The Morgan fingerprint density at radius 2 is 2.16 bits per heavy atom. The maximum Gasteiger partial charge on any atom is 0.305 e. The number of aryl methyl sites for hydroxylation is 1. The standard InChI is InChI=1S/C14H21NO4/c1-10(2)14(3,8-13(17)18)15-12(16)5-4-11-6-7-19-9-11/h6-7,9-10H,4-5,8H2,1-3H3,(H,15,16)(H,17,18). The molecule has 1 heterocycles. The minimum absolute atomic E-state index is 0.0430. The predicted molar refractivity (Wildman–Crippen MR) is 70.7 cm³/mol. The van der Waals surface area contributed by atoms with Crippen molar-refractivity contribution in [1.82, 2.24) is 5.32 Å². The monoisotopic (exact) mass is 267 g/mol. The number of furan rings is 1. The van der Waals surface area contributed by atoms with Gasteiger partial charge >= 0.3 is 5.97 Å². The molecule has 1 rings (SSSR count). The molecule has 0 radical (unpaired) electrons. The summed E-state index contributed by atoms with van der Waals surface area (Å²) in [5.74, 6) is -1.01.